The summed E-state index contributed by atoms with van der Waals surface area (Å²) in [5.41, 5.74) is 0.929. The molecular weight excluding hydrogens is 512 g/mol. The van der Waals surface area contributed by atoms with Gasteiger partial charge in [-0.1, -0.05) is 18.2 Å². The fourth-order valence-electron chi connectivity index (χ4n) is 3.69. The fourth-order valence-corrected chi connectivity index (χ4v) is 4.86. The van der Waals surface area contributed by atoms with E-state index in [1.807, 2.05) is 0 Å². The molecule has 0 aliphatic rings. The highest BCUT2D eigenvalue weighted by Gasteiger charge is 2.24. The second kappa shape index (κ2) is 12.4. The highest BCUT2D eigenvalue weighted by atomic mass is 32.2. The van der Waals surface area contributed by atoms with Gasteiger partial charge in [0.15, 0.2) is 11.5 Å². The molecule has 3 aromatic carbocycles. The van der Waals surface area contributed by atoms with Crippen molar-refractivity contribution < 1.29 is 37.0 Å². The van der Waals surface area contributed by atoms with Crippen molar-refractivity contribution in [3.8, 4) is 17.2 Å². The normalized spacial score (nSPS) is 11.1. The molecule has 0 saturated heterocycles. The van der Waals surface area contributed by atoms with Crippen LogP contribution in [0.2, 0.25) is 0 Å². The van der Waals surface area contributed by atoms with Crippen LogP contribution < -0.4 is 19.5 Å². The minimum absolute atomic E-state index is 0.0442. The number of rotatable bonds is 11. The molecule has 3 rings (SSSR count). The molecule has 0 aliphatic heterocycles. The summed E-state index contributed by atoms with van der Waals surface area (Å²) >= 11 is 0. The van der Waals surface area contributed by atoms with Crippen LogP contribution in [-0.2, 0) is 21.3 Å². The zero-order chi connectivity index (χ0) is 27.9. The summed E-state index contributed by atoms with van der Waals surface area (Å²) in [5, 5.41) is 2.71. The molecule has 0 saturated carbocycles. The van der Waals surface area contributed by atoms with Crippen LogP contribution in [0.5, 0.6) is 17.2 Å². The Kier molecular flexibility index (Phi) is 9.32. The van der Waals surface area contributed by atoms with Gasteiger partial charge in [-0.05, 0) is 37.3 Å². The van der Waals surface area contributed by atoms with Gasteiger partial charge in [0.1, 0.15) is 5.75 Å². The van der Waals surface area contributed by atoms with E-state index in [0.717, 1.165) is 0 Å². The van der Waals surface area contributed by atoms with E-state index in [1.165, 1.54) is 56.9 Å². The Balaban J connectivity index is 1.96. The minimum Gasteiger partial charge on any atom is -0.494 e. The van der Waals surface area contributed by atoms with Crippen molar-refractivity contribution in [3.63, 3.8) is 0 Å². The number of carbonyl (C=O) groups excluding carboxylic acids is 2. The van der Waals surface area contributed by atoms with Crippen LogP contribution in [-0.4, -0.2) is 59.6 Å². The Morgan fingerprint density at radius 3 is 2.16 bits per heavy atom. The van der Waals surface area contributed by atoms with Gasteiger partial charge in [0, 0.05) is 36.9 Å². The molecule has 0 aliphatic carbocycles. The van der Waals surface area contributed by atoms with Crippen molar-refractivity contribution in [1.82, 2.24) is 4.31 Å². The maximum absolute atomic E-state index is 13.2. The summed E-state index contributed by atoms with van der Waals surface area (Å²) in [6.07, 6.45) is 0. The number of sulfonamides is 1. The highest BCUT2D eigenvalue weighted by molar-refractivity contribution is 7.89. The van der Waals surface area contributed by atoms with E-state index in [1.54, 1.807) is 43.3 Å². The number of amides is 1. The average Bonchev–Trinajstić information content (AvgIpc) is 2.93. The van der Waals surface area contributed by atoms with Crippen molar-refractivity contribution in [2.24, 2.45) is 0 Å². The quantitative estimate of drug-likeness (QED) is 0.362. The largest absolute Gasteiger partial charge is 0.494 e. The molecular formula is C27H30N2O8S. The lowest BCUT2D eigenvalue weighted by Gasteiger charge is -2.20. The van der Waals surface area contributed by atoms with Gasteiger partial charge in [-0.15, -0.1) is 0 Å². The van der Waals surface area contributed by atoms with Crippen LogP contribution in [0, 0.1) is 0 Å². The lowest BCUT2D eigenvalue weighted by Crippen LogP contribution is -2.27. The second-order valence-electron chi connectivity index (χ2n) is 8.03. The smallest absolute Gasteiger partial charge is 0.340 e. The number of nitrogens with zero attached hydrogens (tertiary/aromatic N) is 1. The summed E-state index contributed by atoms with van der Waals surface area (Å²) in [7, 11) is 1.75. The lowest BCUT2D eigenvalue weighted by atomic mass is 10.1. The number of benzene rings is 3. The molecule has 0 atom stereocenters. The van der Waals surface area contributed by atoms with Gasteiger partial charge in [-0.3, -0.25) is 4.79 Å². The van der Waals surface area contributed by atoms with E-state index in [9.17, 15) is 18.0 Å². The van der Waals surface area contributed by atoms with Gasteiger partial charge in [0.2, 0.25) is 10.0 Å². The minimum atomic E-state index is -3.78. The molecule has 0 radical (unpaired) electrons. The molecule has 0 fully saturated rings. The van der Waals surface area contributed by atoms with Crippen LogP contribution in [0.4, 0.5) is 5.69 Å². The number of hydrogen-bond acceptors (Lipinski definition) is 8. The van der Waals surface area contributed by atoms with Gasteiger partial charge < -0.3 is 24.3 Å². The van der Waals surface area contributed by atoms with E-state index < -0.39 is 21.9 Å². The van der Waals surface area contributed by atoms with Crippen molar-refractivity contribution in [2.75, 3.05) is 40.3 Å². The zero-order valence-corrected chi connectivity index (χ0v) is 22.6. The number of carbonyl (C=O) groups is 2. The Morgan fingerprint density at radius 1 is 0.895 bits per heavy atom. The number of anilines is 1. The number of nitrogens with one attached hydrogen (secondary N) is 1. The number of methoxy groups -OCH3 is 3. The second-order valence-corrected chi connectivity index (χ2v) is 10.1. The zero-order valence-electron chi connectivity index (χ0n) is 21.8. The Bertz CT molecular complexity index is 1410. The van der Waals surface area contributed by atoms with E-state index in [4.69, 9.17) is 18.9 Å². The van der Waals surface area contributed by atoms with Crippen LogP contribution in [0.15, 0.2) is 65.6 Å². The van der Waals surface area contributed by atoms with Gasteiger partial charge in [0.25, 0.3) is 5.91 Å². The summed E-state index contributed by atoms with van der Waals surface area (Å²) in [4.78, 5) is 25.8. The van der Waals surface area contributed by atoms with Crippen LogP contribution in [0.3, 0.4) is 0 Å². The Hall–Kier alpha value is -4.09. The van der Waals surface area contributed by atoms with E-state index in [-0.39, 0.29) is 34.0 Å². The van der Waals surface area contributed by atoms with Gasteiger partial charge in [0.05, 0.1) is 44.1 Å². The monoisotopic (exact) mass is 542 g/mol. The van der Waals surface area contributed by atoms with Crippen molar-refractivity contribution in [3.05, 3.63) is 77.4 Å². The maximum Gasteiger partial charge on any atom is 0.340 e. The third-order valence-corrected chi connectivity index (χ3v) is 7.46. The first-order chi connectivity index (χ1) is 18.2. The molecule has 1 amide bonds. The summed E-state index contributed by atoms with van der Waals surface area (Å²) < 4.78 is 48.4. The summed E-state index contributed by atoms with van der Waals surface area (Å²) in [5.74, 6) is -0.186. The number of ether oxygens (including phenoxy) is 4. The number of esters is 1. The molecule has 202 valence electrons. The van der Waals surface area contributed by atoms with Crippen LogP contribution >= 0.6 is 0 Å². The standard InChI is InChI=1S/C27H30N2O8S/c1-6-37-23-13-12-18(14-19(23)17-29(2)38(32,33)20-10-8-7-9-11-20)26(30)28-22-16-25(35-4)24(34-3)15-21(22)27(31)36-5/h7-16H,6,17H2,1-5H3,(H,28,30). The Labute approximate surface area is 222 Å². The molecule has 3 aromatic rings. The first-order valence-corrected chi connectivity index (χ1v) is 13.0. The van der Waals surface area contributed by atoms with Crippen molar-refractivity contribution in [1.29, 1.82) is 0 Å². The first kappa shape index (κ1) is 28.5. The molecule has 10 nitrogen and oxygen atoms in total. The predicted molar refractivity (Wildman–Crippen MR) is 142 cm³/mol. The summed E-state index contributed by atoms with van der Waals surface area (Å²) in [6, 6.07) is 15.6. The van der Waals surface area contributed by atoms with Gasteiger partial charge >= 0.3 is 5.97 Å². The third kappa shape index (κ3) is 6.24. The Morgan fingerprint density at radius 2 is 1.55 bits per heavy atom. The lowest BCUT2D eigenvalue weighted by molar-refractivity contribution is 0.0601. The molecule has 1 N–H and O–H groups in total. The van der Waals surface area contributed by atoms with Gasteiger partial charge in [-0.25, -0.2) is 13.2 Å². The molecule has 0 bridgehead atoms. The van der Waals surface area contributed by atoms with E-state index in [2.05, 4.69) is 5.32 Å². The van der Waals surface area contributed by atoms with Crippen molar-refractivity contribution in [2.45, 2.75) is 18.4 Å². The SMILES string of the molecule is CCOc1ccc(C(=O)Nc2cc(OC)c(OC)cc2C(=O)OC)cc1CN(C)S(=O)(=O)c1ccccc1. The average molecular weight is 543 g/mol. The third-order valence-electron chi connectivity index (χ3n) is 5.64. The summed E-state index contributed by atoms with van der Waals surface area (Å²) in [6.45, 7) is 2.11. The predicted octanol–water partition coefficient (Wildman–Crippen LogP) is 3.96. The molecule has 11 heteroatoms. The molecule has 0 spiro atoms. The first-order valence-electron chi connectivity index (χ1n) is 11.6. The number of hydrogen-bond donors (Lipinski definition) is 1. The highest BCUT2D eigenvalue weighted by Crippen LogP contribution is 2.34. The van der Waals surface area contributed by atoms with Crippen LogP contribution in [0.25, 0.3) is 0 Å². The van der Waals surface area contributed by atoms with Crippen LogP contribution in [0.1, 0.15) is 33.2 Å². The fraction of sp³-hybridized carbons (Fsp3) is 0.259. The molecule has 38 heavy (non-hydrogen) atoms. The molecule has 0 heterocycles. The van der Waals surface area contributed by atoms with E-state index in [0.29, 0.717) is 23.7 Å². The van der Waals surface area contributed by atoms with Gasteiger partial charge in [-0.2, -0.15) is 4.31 Å². The molecule has 0 aromatic heterocycles. The topological polar surface area (TPSA) is 120 Å². The maximum atomic E-state index is 13.2. The van der Waals surface area contributed by atoms with Crippen molar-refractivity contribution >= 4 is 27.6 Å². The molecule has 0 unspecified atom stereocenters. The van der Waals surface area contributed by atoms with E-state index >= 15 is 0 Å².